The highest BCUT2D eigenvalue weighted by molar-refractivity contribution is 6.08. The van der Waals surface area contributed by atoms with Crippen LogP contribution < -0.4 is 10.5 Å². The normalized spacial score (nSPS) is 28.0. The standard InChI is InChI=1S/C20H18F2N4O3/c1-26-18(27)20(25-19(26)23)12-8-11(10-4-2-6-24-17(10)22)13(21)9-15(12)29-14-5-3-7-28-16(14)20/h2,4,6,8-9,14,16H,3,5,7H2,1H3,(H2,23,25)/t14?,16-,20-/m0/s1. The molecule has 29 heavy (non-hydrogen) atoms. The van der Waals surface area contributed by atoms with Gasteiger partial charge in [-0.2, -0.15) is 4.39 Å². The van der Waals surface area contributed by atoms with Crippen molar-refractivity contribution in [3.05, 3.63) is 47.8 Å². The lowest BCUT2D eigenvalue weighted by Gasteiger charge is -2.45. The van der Waals surface area contributed by atoms with E-state index in [1.54, 1.807) is 0 Å². The summed E-state index contributed by atoms with van der Waals surface area (Å²) < 4.78 is 41.1. The molecule has 9 heteroatoms. The van der Waals surface area contributed by atoms with Crippen molar-refractivity contribution in [2.75, 3.05) is 13.7 Å². The maximum absolute atomic E-state index is 14.9. The van der Waals surface area contributed by atoms with Gasteiger partial charge in [-0.1, -0.05) is 0 Å². The van der Waals surface area contributed by atoms with Gasteiger partial charge in [-0.05, 0) is 31.0 Å². The van der Waals surface area contributed by atoms with E-state index in [9.17, 15) is 13.6 Å². The zero-order chi connectivity index (χ0) is 20.3. The number of guanidine groups is 1. The SMILES string of the molecule is CN1C(=O)[C@]2(N=C1N)c1cc(-c3cccnc3F)c(F)cc1OC1CCCO[C@@H]12. The van der Waals surface area contributed by atoms with Gasteiger partial charge in [-0.25, -0.2) is 14.4 Å². The Balaban J connectivity index is 1.78. The Morgan fingerprint density at radius 3 is 2.86 bits per heavy atom. The molecule has 0 bridgehead atoms. The van der Waals surface area contributed by atoms with Crippen molar-refractivity contribution in [2.45, 2.75) is 30.6 Å². The first-order valence-corrected chi connectivity index (χ1v) is 9.30. The van der Waals surface area contributed by atoms with Gasteiger partial charge in [-0.3, -0.25) is 9.69 Å². The van der Waals surface area contributed by atoms with Crippen molar-refractivity contribution >= 4 is 11.9 Å². The van der Waals surface area contributed by atoms with Crippen LogP contribution in [0.25, 0.3) is 11.1 Å². The summed E-state index contributed by atoms with van der Waals surface area (Å²) in [7, 11) is 1.52. The molecule has 3 aliphatic heterocycles. The summed E-state index contributed by atoms with van der Waals surface area (Å²) in [5.74, 6) is -1.67. The molecule has 1 amide bonds. The lowest BCUT2D eigenvalue weighted by molar-refractivity contribution is -0.151. The third-order valence-corrected chi connectivity index (χ3v) is 5.75. The summed E-state index contributed by atoms with van der Waals surface area (Å²) in [6.07, 6.45) is 1.48. The van der Waals surface area contributed by atoms with Gasteiger partial charge in [0.15, 0.2) is 5.96 Å². The first kappa shape index (κ1) is 18.0. The van der Waals surface area contributed by atoms with Gasteiger partial charge in [0, 0.05) is 42.6 Å². The molecule has 0 saturated carbocycles. The molecule has 1 spiro atoms. The first-order chi connectivity index (χ1) is 13.9. The van der Waals surface area contributed by atoms with Gasteiger partial charge < -0.3 is 15.2 Å². The third kappa shape index (κ3) is 2.40. The minimum Gasteiger partial charge on any atom is -0.487 e. The van der Waals surface area contributed by atoms with Crippen molar-refractivity contribution in [1.29, 1.82) is 0 Å². The summed E-state index contributed by atoms with van der Waals surface area (Å²) in [6.45, 7) is 0.444. The topological polar surface area (TPSA) is 90.0 Å². The molecule has 4 heterocycles. The molecule has 7 nitrogen and oxygen atoms in total. The molecular weight excluding hydrogens is 382 g/mol. The quantitative estimate of drug-likeness (QED) is 0.739. The Morgan fingerprint density at radius 1 is 1.31 bits per heavy atom. The molecule has 1 aromatic heterocycles. The molecule has 3 aliphatic rings. The van der Waals surface area contributed by atoms with Crippen LogP contribution in [0.2, 0.25) is 0 Å². The number of ether oxygens (including phenoxy) is 2. The van der Waals surface area contributed by atoms with Crippen LogP contribution in [0.5, 0.6) is 5.75 Å². The molecule has 2 N–H and O–H groups in total. The minimum absolute atomic E-state index is 0.0228. The van der Waals surface area contributed by atoms with E-state index in [1.165, 1.54) is 42.4 Å². The number of hydrogen-bond acceptors (Lipinski definition) is 6. The lowest BCUT2D eigenvalue weighted by Crippen LogP contribution is -2.59. The van der Waals surface area contributed by atoms with Crippen molar-refractivity contribution < 1.29 is 23.0 Å². The van der Waals surface area contributed by atoms with Gasteiger partial charge in [0.1, 0.15) is 23.8 Å². The Hall–Kier alpha value is -3.07. The number of amides is 1. The number of halogens is 2. The average Bonchev–Trinajstić information content (AvgIpc) is 2.93. The summed E-state index contributed by atoms with van der Waals surface area (Å²) in [5.41, 5.74) is 4.71. The Labute approximate surface area is 165 Å². The maximum Gasteiger partial charge on any atom is 0.264 e. The molecule has 150 valence electrons. The van der Waals surface area contributed by atoms with E-state index in [-0.39, 0.29) is 28.7 Å². The predicted octanol–water partition coefficient (Wildman–Crippen LogP) is 1.95. The Bertz CT molecular complexity index is 1060. The van der Waals surface area contributed by atoms with Crippen LogP contribution in [0.4, 0.5) is 8.78 Å². The Morgan fingerprint density at radius 2 is 2.14 bits per heavy atom. The number of likely N-dealkylation sites (N-methyl/N-ethyl adjacent to an activating group) is 1. The van der Waals surface area contributed by atoms with E-state index in [1.807, 2.05) is 0 Å². The van der Waals surface area contributed by atoms with Gasteiger partial charge >= 0.3 is 0 Å². The number of rotatable bonds is 1. The number of aliphatic imine (C=N–C) groups is 1. The van der Waals surface area contributed by atoms with Gasteiger partial charge in [0.25, 0.3) is 5.91 Å². The van der Waals surface area contributed by atoms with Crippen LogP contribution >= 0.6 is 0 Å². The Kier molecular flexibility index (Phi) is 3.86. The lowest BCUT2D eigenvalue weighted by atomic mass is 9.76. The van der Waals surface area contributed by atoms with Gasteiger partial charge in [0.05, 0.1) is 0 Å². The fraction of sp³-hybridized carbons (Fsp3) is 0.350. The number of fused-ring (bicyclic) bond motifs is 4. The number of aromatic nitrogens is 1. The summed E-state index contributed by atoms with van der Waals surface area (Å²) in [4.78, 5) is 22.7. The second-order valence-electron chi connectivity index (χ2n) is 7.36. The zero-order valence-electron chi connectivity index (χ0n) is 15.6. The van der Waals surface area contributed by atoms with Crippen LogP contribution in [-0.4, -0.2) is 47.6 Å². The van der Waals surface area contributed by atoms with Crippen molar-refractivity contribution in [2.24, 2.45) is 10.7 Å². The minimum atomic E-state index is -1.50. The molecule has 0 radical (unpaired) electrons. The fourth-order valence-electron chi connectivity index (χ4n) is 4.35. The predicted molar refractivity (Wildman–Crippen MR) is 99.0 cm³/mol. The summed E-state index contributed by atoms with van der Waals surface area (Å²) in [5, 5.41) is 0. The second-order valence-corrected chi connectivity index (χ2v) is 7.36. The van der Waals surface area contributed by atoms with Crippen molar-refractivity contribution in [3.8, 4) is 16.9 Å². The summed E-state index contributed by atoms with van der Waals surface area (Å²) >= 11 is 0. The second kappa shape index (κ2) is 6.21. The molecule has 1 unspecified atom stereocenters. The van der Waals surface area contributed by atoms with E-state index < -0.39 is 29.5 Å². The van der Waals surface area contributed by atoms with E-state index in [2.05, 4.69) is 9.98 Å². The van der Waals surface area contributed by atoms with Crippen molar-refractivity contribution in [3.63, 3.8) is 0 Å². The number of nitrogens with two attached hydrogens (primary N) is 1. The number of benzene rings is 1. The van der Waals surface area contributed by atoms with E-state index in [0.29, 0.717) is 18.6 Å². The fourth-order valence-corrected chi connectivity index (χ4v) is 4.35. The maximum atomic E-state index is 14.9. The average molecular weight is 400 g/mol. The molecule has 1 aromatic carbocycles. The highest BCUT2D eigenvalue weighted by atomic mass is 19.1. The number of carbonyl (C=O) groups excluding carboxylic acids is 1. The van der Waals surface area contributed by atoms with E-state index >= 15 is 0 Å². The molecule has 1 saturated heterocycles. The van der Waals surface area contributed by atoms with E-state index in [4.69, 9.17) is 15.2 Å². The molecular formula is C20H18F2N4O3. The van der Waals surface area contributed by atoms with Crippen LogP contribution in [0.15, 0.2) is 35.5 Å². The van der Waals surface area contributed by atoms with Crippen LogP contribution in [-0.2, 0) is 15.1 Å². The number of carbonyl (C=O) groups is 1. The number of hydrogen-bond donors (Lipinski definition) is 1. The molecule has 2 aromatic rings. The first-order valence-electron chi connectivity index (χ1n) is 9.30. The monoisotopic (exact) mass is 400 g/mol. The summed E-state index contributed by atoms with van der Waals surface area (Å²) in [6, 6.07) is 5.49. The molecule has 1 fully saturated rings. The number of nitrogens with zero attached hydrogens (tertiary/aromatic N) is 3. The van der Waals surface area contributed by atoms with E-state index in [0.717, 1.165) is 6.42 Å². The van der Waals surface area contributed by atoms with Gasteiger partial charge in [0.2, 0.25) is 11.5 Å². The largest absolute Gasteiger partial charge is 0.487 e. The van der Waals surface area contributed by atoms with Gasteiger partial charge in [-0.15, -0.1) is 0 Å². The van der Waals surface area contributed by atoms with Crippen LogP contribution in [0.3, 0.4) is 0 Å². The number of pyridine rings is 1. The molecule has 5 rings (SSSR count). The van der Waals surface area contributed by atoms with Crippen LogP contribution in [0, 0.1) is 11.8 Å². The zero-order valence-corrected chi connectivity index (χ0v) is 15.6. The highest BCUT2D eigenvalue weighted by Gasteiger charge is 2.61. The third-order valence-electron chi connectivity index (χ3n) is 5.75. The smallest absolute Gasteiger partial charge is 0.264 e. The molecule has 3 atom stereocenters. The van der Waals surface area contributed by atoms with Crippen molar-refractivity contribution in [1.82, 2.24) is 9.88 Å². The highest BCUT2D eigenvalue weighted by Crippen LogP contribution is 2.50. The molecule has 0 aliphatic carbocycles. The van der Waals surface area contributed by atoms with Crippen LogP contribution in [0.1, 0.15) is 18.4 Å².